The van der Waals surface area contributed by atoms with Gasteiger partial charge in [0.25, 0.3) is 0 Å². The smallest absolute Gasteiger partial charge is 0.326 e. The summed E-state index contributed by atoms with van der Waals surface area (Å²) in [7, 11) is 0. The van der Waals surface area contributed by atoms with Gasteiger partial charge in [-0.05, 0) is 25.3 Å². The zero-order valence-corrected chi connectivity index (χ0v) is 12.9. The molecule has 0 unspecified atom stereocenters. The Morgan fingerprint density at radius 1 is 1.35 bits per heavy atom. The number of nitrogens with zero attached hydrogens (tertiary/aromatic N) is 1. The summed E-state index contributed by atoms with van der Waals surface area (Å²) < 4.78 is 0. The van der Waals surface area contributed by atoms with E-state index in [1.165, 1.54) is 11.8 Å². The van der Waals surface area contributed by atoms with Crippen molar-refractivity contribution in [3.63, 3.8) is 0 Å². The molecule has 0 aromatic heterocycles. The van der Waals surface area contributed by atoms with Gasteiger partial charge in [0.05, 0.1) is 6.04 Å². The molecule has 0 radical (unpaired) electrons. The van der Waals surface area contributed by atoms with Gasteiger partial charge in [-0.25, -0.2) is 4.79 Å². The zero-order valence-electron chi connectivity index (χ0n) is 12.9. The molecule has 1 aromatic carbocycles. The second kappa shape index (κ2) is 7.23. The topological polar surface area (TPSA) is 113 Å². The monoisotopic (exact) mass is 319 g/mol. The van der Waals surface area contributed by atoms with Gasteiger partial charge in [-0.1, -0.05) is 30.3 Å². The molecule has 7 heteroatoms. The van der Waals surface area contributed by atoms with Crippen LogP contribution in [0.5, 0.6) is 0 Å². The first-order chi connectivity index (χ1) is 10.9. The summed E-state index contributed by atoms with van der Waals surface area (Å²) in [6.07, 6.45) is 0.810. The number of benzene rings is 1. The van der Waals surface area contributed by atoms with Gasteiger partial charge in [0.15, 0.2) is 0 Å². The van der Waals surface area contributed by atoms with Crippen LogP contribution in [0.3, 0.4) is 0 Å². The third kappa shape index (κ3) is 4.07. The van der Waals surface area contributed by atoms with Gasteiger partial charge >= 0.3 is 5.97 Å². The molecular weight excluding hydrogens is 298 g/mol. The number of nitrogens with one attached hydrogen (secondary N) is 1. The quantitative estimate of drug-likeness (QED) is 0.669. The van der Waals surface area contributed by atoms with Crippen LogP contribution in [0.2, 0.25) is 0 Å². The van der Waals surface area contributed by atoms with Gasteiger partial charge in [-0.2, -0.15) is 0 Å². The average molecular weight is 319 g/mol. The summed E-state index contributed by atoms with van der Waals surface area (Å²) in [4.78, 5) is 36.5. The van der Waals surface area contributed by atoms with Crippen molar-refractivity contribution in [1.82, 2.24) is 10.2 Å². The second-order valence-electron chi connectivity index (χ2n) is 5.70. The number of hydrogen-bond acceptors (Lipinski definition) is 4. The molecule has 2 amide bonds. The molecule has 1 aliphatic heterocycles. The van der Waals surface area contributed by atoms with E-state index in [4.69, 9.17) is 10.8 Å². The van der Waals surface area contributed by atoms with E-state index in [0.717, 1.165) is 5.56 Å². The van der Waals surface area contributed by atoms with Crippen LogP contribution in [0.4, 0.5) is 0 Å². The van der Waals surface area contributed by atoms with Crippen LogP contribution in [0.25, 0.3) is 0 Å². The van der Waals surface area contributed by atoms with Gasteiger partial charge in [0.2, 0.25) is 11.8 Å². The number of aliphatic carboxylic acids is 1. The third-order valence-corrected chi connectivity index (χ3v) is 3.95. The molecule has 23 heavy (non-hydrogen) atoms. The lowest BCUT2D eigenvalue weighted by atomic mass is 10.0. The summed E-state index contributed by atoms with van der Waals surface area (Å²) in [6, 6.07) is 7.00. The van der Waals surface area contributed by atoms with Crippen LogP contribution in [0, 0.1) is 0 Å². The molecule has 124 valence electrons. The fourth-order valence-electron chi connectivity index (χ4n) is 2.50. The van der Waals surface area contributed by atoms with Gasteiger partial charge in [-0.15, -0.1) is 0 Å². The Morgan fingerprint density at radius 3 is 2.52 bits per heavy atom. The SMILES string of the molecule is C[C@H](NC(=O)[C@@H](N)Cc1ccccc1)C(=O)N1CC[C@H]1C(=O)O. The van der Waals surface area contributed by atoms with Crippen molar-refractivity contribution in [3.8, 4) is 0 Å². The summed E-state index contributed by atoms with van der Waals surface area (Å²) >= 11 is 0. The predicted molar refractivity (Wildman–Crippen MR) is 83.5 cm³/mol. The lowest BCUT2D eigenvalue weighted by Crippen LogP contribution is -2.60. The van der Waals surface area contributed by atoms with E-state index in [0.29, 0.717) is 19.4 Å². The van der Waals surface area contributed by atoms with Crippen molar-refractivity contribution < 1.29 is 19.5 Å². The standard InChI is InChI=1S/C16H21N3O4/c1-10(15(21)19-8-7-13(19)16(22)23)18-14(20)12(17)9-11-5-3-2-4-6-11/h2-6,10,12-13H,7-9,17H2,1H3,(H,18,20)(H,22,23)/t10-,12-,13-/m0/s1. The molecule has 1 aliphatic rings. The number of carboxylic acid groups (broad SMARTS) is 1. The first kappa shape index (κ1) is 17.0. The van der Waals surface area contributed by atoms with E-state index in [-0.39, 0.29) is 0 Å². The van der Waals surface area contributed by atoms with Crippen LogP contribution in [-0.4, -0.2) is 52.5 Å². The highest BCUT2D eigenvalue weighted by molar-refractivity contribution is 5.92. The minimum absolute atomic E-state index is 0.370. The van der Waals surface area contributed by atoms with E-state index in [1.54, 1.807) is 0 Å². The minimum Gasteiger partial charge on any atom is -0.480 e. The highest BCUT2D eigenvalue weighted by Crippen LogP contribution is 2.18. The molecule has 7 nitrogen and oxygen atoms in total. The molecular formula is C16H21N3O4. The molecule has 0 saturated carbocycles. The summed E-state index contributed by atoms with van der Waals surface area (Å²) in [5.74, 6) is -1.85. The second-order valence-corrected chi connectivity index (χ2v) is 5.70. The van der Waals surface area contributed by atoms with Gasteiger partial charge < -0.3 is 21.1 Å². The van der Waals surface area contributed by atoms with Crippen LogP contribution in [0.15, 0.2) is 30.3 Å². The van der Waals surface area contributed by atoms with Crippen molar-refractivity contribution in [2.45, 2.75) is 37.9 Å². The molecule has 0 aliphatic carbocycles. The molecule has 0 bridgehead atoms. The Kier molecular flexibility index (Phi) is 5.33. The van der Waals surface area contributed by atoms with Crippen molar-refractivity contribution in [2.24, 2.45) is 5.73 Å². The molecule has 4 N–H and O–H groups in total. The minimum atomic E-state index is -1.02. The Labute approximate surface area is 134 Å². The van der Waals surface area contributed by atoms with E-state index in [9.17, 15) is 14.4 Å². The van der Waals surface area contributed by atoms with Crippen molar-refractivity contribution in [1.29, 1.82) is 0 Å². The highest BCUT2D eigenvalue weighted by atomic mass is 16.4. The first-order valence-electron chi connectivity index (χ1n) is 7.53. The number of rotatable bonds is 6. The Morgan fingerprint density at radius 2 is 2.00 bits per heavy atom. The largest absolute Gasteiger partial charge is 0.480 e. The molecule has 1 fully saturated rings. The van der Waals surface area contributed by atoms with E-state index in [1.807, 2.05) is 30.3 Å². The van der Waals surface area contributed by atoms with Gasteiger partial charge in [0.1, 0.15) is 12.1 Å². The summed E-state index contributed by atoms with van der Waals surface area (Å²) in [5, 5.41) is 11.5. The van der Waals surface area contributed by atoms with Crippen LogP contribution in [-0.2, 0) is 20.8 Å². The van der Waals surface area contributed by atoms with Gasteiger partial charge in [-0.3, -0.25) is 9.59 Å². The Hall–Kier alpha value is -2.41. The molecule has 0 spiro atoms. The zero-order chi connectivity index (χ0) is 17.0. The fourth-order valence-corrected chi connectivity index (χ4v) is 2.50. The van der Waals surface area contributed by atoms with E-state index in [2.05, 4.69) is 5.32 Å². The third-order valence-electron chi connectivity index (χ3n) is 3.95. The Bertz CT molecular complexity index is 590. The number of amides is 2. The normalized spacial score (nSPS) is 19.4. The number of carbonyl (C=O) groups is 3. The number of hydrogen-bond donors (Lipinski definition) is 3. The number of carbonyl (C=O) groups excluding carboxylic acids is 2. The van der Waals surface area contributed by atoms with Crippen molar-refractivity contribution in [2.75, 3.05) is 6.54 Å². The van der Waals surface area contributed by atoms with Crippen LogP contribution < -0.4 is 11.1 Å². The maximum Gasteiger partial charge on any atom is 0.326 e. The molecule has 1 heterocycles. The summed E-state index contributed by atoms with van der Waals surface area (Å²) in [5.41, 5.74) is 6.80. The maximum absolute atomic E-state index is 12.2. The molecule has 1 aromatic rings. The van der Waals surface area contributed by atoms with Crippen molar-refractivity contribution in [3.05, 3.63) is 35.9 Å². The van der Waals surface area contributed by atoms with Crippen LogP contribution >= 0.6 is 0 Å². The van der Waals surface area contributed by atoms with E-state index < -0.39 is 35.9 Å². The number of likely N-dealkylation sites (tertiary alicyclic amines) is 1. The van der Waals surface area contributed by atoms with Crippen molar-refractivity contribution >= 4 is 17.8 Å². The lowest BCUT2D eigenvalue weighted by molar-refractivity contribution is -0.158. The molecule has 2 rings (SSSR count). The number of carboxylic acids is 1. The first-order valence-corrected chi connectivity index (χ1v) is 7.53. The highest BCUT2D eigenvalue weighted by Gasteiger charge is 2.39. The molecule has 1 saturated heterocycles. The van der Waals surface area contributed by atoms with E-state index >= 15 is 0 Å². The number of nitrogens with two attached hydrogens (primary N) is 1. The average Bonchev–Trinajstić information content (AvgIpc) is 2.46. The predicted octanol–water partition coefficient (Wildman–Crippen LogP) is -0.253. The van der Waals surface area contributed by atoms with Gasteiger partial charge in [0, 0.05) is 6.54 Å². The fraction of sp³-hybridized carbons (Fsp3) is 0.438. The van der Waals surface area contributed by atoms with Crippen LogP contribution in [0.1, 0.15) is 18.9 Å². The summed E-state index contributed by atoms with van der Waals surface area (Å²) in [6.45, 7) is 1.93. The Balaban J connectivity index is 1.86. The molecule has 3 atom stereocenters. The maximum atomic E-state index is 12.2. The lowest BCUT2D eigenvalue weighted by Gasteiger charge is -2.39.